The monoisotopic (exact) mass is 263 g/mol. The molecule has 0 bridgehead atoms. The number of ether oxygens (including phenoxy) is 1. The largest absolute Gasteiger partial charge is 0.489 e. The van der Waals surface area contributed by atoms with E-state index in [0.29, 0.717) is 19.6 Å². The molecule has 1 aromatic heterocycles. The molecule has 0 fully saturated rings. The molecular formula is C14H17NO2S. The minimum Gasteiger partial charge on any atom is -0.489 e. The molecule has 0 amide bonds. The molecule has 0 radical (unpaired) electrons. The van der Waals surface area contributed by atoms with E-state index in [1.54, 1.807) is 11.3 Å². The molecule has 2 rings (SSSR count). The van der Waals surface area contributed by atoms with Crippen LogP contribution in [-0.4, -0.2) is 11.7 Å². The average Bonchev–Trinajstić information content (AvgIpc) is 2.90. The summed E-state index contributed by atoms with van der Waals surface area (Å²) in [6, 6.07) is 9.57. The van der Waals surface area contributed by atoms with Crippen molar-refractivity contribution in [3.8, 4) is 5.75 Å². The van der Waals surface area contributed by atoms with Crippen LogP contribution in [0.25, 0.3) is 0 Å². The van der Waals surface area contributed by atoms with Gasteiger partial charge in [-0.2, -0.15) is 11.3 Å². The smallest absolute Gasteiger partial charge is 0.120 e. The van der Waals surface area contributed by atoms with Crippen LogP contribution in [0.2, 0.25) is 0 Å². The molecule has 0 unspecified atom stereocenters. The number of thiophene rings is 1. The maximum Gasteiger partial charge on any atom is 0.120 e. The fraction of sp³-hybridized carbons (Fsp3) is 0.286. The lowest BCUT2D eigenvalue weighted by Gasteiger charge is -2.11. The van der Waals surface area contributed by atoms with Crippen molar-refractivity contribution in [3.63, 3.8) is 0 Å². The van der Waals surface area contributed by atoms with E-state index >= 15 is 0 Å². The maximum atomic E-state index is 9.86. The van der Waals surface area contributed by atoms with Crippen LogP contribution in [-0.2, 0) is 6.61 Å². The van der Waals surface area contributed by atoms with E-state index in [-0.39, 0.29) is 0 Å². The molecule has 1 heterocycles. The SMILES string of the molecule is NCC[C@@H](O)c1cccc(OCc2ccsc2)c1. The van der Waals surface area contributed by atoms with Crippen LogP contribution >= 0.6 is 11.3 Å². The highest BCUT2D eigenvalue weighted by molar-refractivity contribution is 7.07. The predicted molar refractivity (Wildman–Crippen MR) is 73.7 cm³/mol. The Labute approximate surface area is 111 Å². The third-order valence-electron chi connectivity index (χ3n) is 2.67. The Kier molecular flexibility index (Phi) is 4.75. The number of hydrogen-bond donors (Lipinski definition) is 2. The van der Waals surface area contributed by atoms with E-state index in [1.807, 2.05) is 35.7 Å². The molecule has 1 aromatic carbocycles. The number of nitrogens with two attached hydrogens (primary N) is 1. The van der Waals surface area contributed by atoms with Gasteiger partial charge in [0.25, 0.3) is 0 Å². The Bertz CT molecular complexity index is 470. The van der Waals surface area contributed by atoms with Crippen molar-refractivity contribution in [2.24, 2.45) is 5.73 Å². The quantitative estimate of drug-likeness (QED) is 0.842. The summed E-state index contributed by atoms with van der Waals surface area (Å²) < 4.78 is 5.68. The van der Waals surface area contributed by atoms with Crippen LogP contribution in [0.3, 0.4) is 0 Å². The van der Waals surface area contributed by atoms with Crippen LogP contribution < -0.4 is 10.5 Å². The first-order valence-electron chi connectivity index (χ1n) is 5.91. The first kappa shape index (κ1) is 13.1. The van der Waals surface area contributed by atoms with Gasteiger partial charge in [-0.1, -0.05) is 12.1 Å². The van der Waals surface area contributed by atoms with Crippen molar-refractivity contribution in [2.45, 2.75) is 19.1 Å². The highest BCUT2D eigenvalue weighted by Gasteiger charge is 2.07. The van der Waals surface area contributed by atoms with Gasteiger partial charge in [-0.05, 0) is 53.1 Å². The summed E-state index contributed by atoms with van der Waals surface area (Å²) in [6.45, 7) is 1.03. The summed E-state index contributed by atoms with van der Waals surface area (Å²) >= 11 is 1.66. The van der Waals surface area contributed by atoms with Crippen molar-refractivity contribution in [2.75, 3.05) is 6.54 Å². The number of hydrogen-bond acceptors (Lipinski definition) is 4. The van der Waals surface area contributed by atoms with Gasteiger partial charge in [0.05, 0.1) is 6.10 Å². The molecule has 0 aliphatic heterocycles. The van der Waals surface area contributed by atoms with E-state index in [1.165, 1.54) is 0 Å². The molecule has 18 heavy (non-hydrogen) atoms. The van der Waals surface area contributed by atoms with Gasteiger partial charge in [-0.15, -0.1) is 0 Å². The first-order chi connectivity index (χ1) is 8.79. The van der Waals surface area contributed by atoms with Crippen molar-refractivity contribution >= 4 is 11.3 Å². The molecule has 3 N–H and O–H groups in total. The summed E-state index contributed by atoms with van der Waals surface area (Å²) in [7, 11) is 0. The third kappa shape index (κ3) is 3.57. The Morgan fingerprint density at radius 3 is 2.94 bits per heavy atom. The lowest BCUT2D eigenvalue weighted by Crippen LogP contribution is -2.06. The minimum atomic E-state index is -0.514. The fourth-order valence-corrected chi connectivity index (χ4v) is 2.33. The van der Waals surface area contributed by atoms with Crippen molar-refractivity contribution < 1.29 is 9.84 Å². The topological polar surface area (TPSA) is 55.5 Å². The second-order valence-corrected chi connectivity index (χ2v) is 4.87. The number of aliphatic hydroxyl groups excluding tert-OH is 1. The van der Waals surface area contributed by atoms with Gasteiger partial charge in [-0.25, -0.2) is 0 Å². The molecule has 1 atom stereocenters. The zero-order valence-electron chi connectivity index (χ0n) is 10.1. The summed E-state index contributed by atoms with van der Waals surface area (Å²) in [6.07, 6.45) is 0.0493. The number of aliphatic hydroxyl groups is 1. The molecule has 0 saturated heterocycles. The fourth-order valence-electron chi connectivity index (χ4n) is 1.68. The second-order valence-electron chi connectivity index (χ2n) is 4.09. The normalized spacial score (nSPS) is 12.3. The third-order valence-corrected chi connectivity index (χ3v) is 3.40. The highest BCUT2D eigenvalue weighted by Crippen LogP contribution is 2.22. The molecule has 0 aliphatic carbocycles. The maximum absolute atomic E-state index is 9.86. The lowest BCUT2D eigenvalue weighted by molar-refractivity contribution is 0.169. The van der Waals surface area contributed by atoms with Gasteiger partial charge in [-0.3, -0.25) is 0 Å². The Balaban J connectivity index is 1.98. The zero-order chi connectivity index (χ0) is 12.8. The van der Waals surface area contributed by atoms with E-state index in [0.717, 1.165) is 16.9 Å². The van der Waals surface area contributed by atoms with Crippen LogP contribution in [0.15, 0.2) is 41.1 Å². The summed E-state index contributed by atoms with van der Waals surface area (Å²) in [5.74, 6) is 0.773. The van der Waals surface area contributed by atoms with Crippen LogP contribution in [0.4, 0.5) is 0 Å². The summed E-state index contributed by atoms with van der Waals surface area (Å²) in [5, 5.41) is 14.0. The molecule has 96 valence electrons. The lowest BCUT2D eigenvalue weighted by atomic mass is 10.1. The van der Waals surface area contributed by atoms with E-state index in [2.05, 4.69) is 5.38 Å². The number of rotatable bonds is 6. The first-order valence-corrected chi connectivity index (χ1v) is 6.86. The minimum absolute atomic E-state index is 0.473. The van der Waals surface area contributed by atoms with Crippen LogP contribution in [0.5, 0.6) is 5.75 Å². The van der Waals surface area contributed by atoms with E-state index in [4.69, 9.17) is 10.5 Å². The van der Waals surface area contributed by atoms with Crippen molar-refractivity contribution in [3.05, 3.63) is 52.2 Å². The van der Waals surface area contributed by atoms with Crippen LogP contribution in [0.1, 0.15) is 23.7 Å². The molecule has 4 heteroatoms. The molecule has 0 aliphatic rings. The van der Waals surface area contributed by atoms with E-state index in [9.17, 15) is 5.11 Å². The molecule has 3 nitrogen and oxygen atoms in total. The average molecular weight is 263 g/mol. The standard InChI is InChI=1S/C14H17NO2S/c15-6-4-14(16)12-2-1-3-13(8-12)17-9-11-5-7-18-10-11/h1-3,5,7-8,10,14,16H,4,6,9,15H2/t14-/m1/s1. The Hall–Kier alpha value is -1.36. The Morgan fingerprint density at radius 1 is 1.33 bits per heavy atom. The molecule has 0 spiro atoms. The van der Waals surface area contributed by atoms with Crippen molar-refractivity contribution in [1.82, 2.24) is 0 Å². The van der Waals surface area contributed by atoms with Crippen LogP contribution in [0, 0.1) is 0 Å². The van der Waals surface area contributed by atoms with Gasteiger partial charge < -0.3 is 15.6 Å². The van der Waals surface area contributed by atoms with Gasteiger partial charge >= 0.3 is 0 Å². The second kappa shape index (κ2) is 6.54. The number of benzene rings is 1. The molecule has 0 saturated carbocycles. The van der Waals surface area contributed by atoms with Gasteiger partial charge in [0, 0.05) is 0 Å². The predicted octanol–water partition coefficient (Wildman–Crippen LogP) is 2.71. The molecule has 2 aromatic rings. The van der Waals surface area contributed by atoms with Crippen molar-refractivity contribution in [1.29, 1.82) is 0 Å². The van der Waals surface area contributed by atoms with Gasteiger partial charge in [0.2, 0.25) is 0 Å². The summed E-state index contributed by atoms with van der Waals surface area (Å²) in [5.41, 5.74) is 7.45. The van der Waals surface area contributed by atoms with Gasteiger partial charge in [0.15, 0.2) is 0 Å². The van der Waals surface area contributed by atoms with E-state index < -0.39 is 6.10 Å². The Morgan fingerprint density at radius 2 is 2.22 bits per heavy atom. The molecular weight excluding hydrogens is 246 g/mol. The zero-order valence-corrected chi connectivity index (χ0v) is 10.9. The highest BCUT2D eigenvalue weighted by atomic mass is 32.1. The summed E-state index contributed by atoms with van der Waals surface area (Å²) in [4.78, 5) is 0. The van der Waals surface area contributed by atoms with Gasteiger partial charge in [0.1, 0.15) is 12.4 Å².